The molecule has 0 aliphatic carbocycles. The molecule has 12 heteroatoms. The number of phenols is 1. The van der Waals surface area contributed by atoms with Crippen molar-refractivity contribution in [1.29, 1.82) is 0 Å². The first-order chi connectivity index (χ1) is 21.7. The Kier molecular flexibility index (Phi) is 9.44. The summed E-state index contributed by atoms with van der Waals surface area (Å²) in [5, 5.41) is 28.3. The summed E-state index contributed by atoms with van der Waals surface area (Å²) in [6.45, 7) is -0.640. The van der Waals surface area contributed by atoms with Crippen LogP contribution in [0.5, 0.6) is 5.75 Å². The molecule has 0 aliphatic rings. The molecule has 5 rings (SSSR count). The largest absolute Gasteiger partial charge is 0.508 e. The summed E-state index contributed by atoms with van der Waals surface area (Å²) in [6.07, 6.45) is 3.88. The molecule has 0 spiro atoms. The molecule has 0 radical (unpaired) electrons. The van der Waals surface area contributed by atoms with Gasteiger partial charge in [-0.25, -0.2) is 0 Å². The van der Waals surface area contributed by atoms with E-state index in [0.29, 0.717) is 5.56 Å². The fourth-order valence-electron chi connectivity index (χ4n) is 5.27. The Morgan fingerprint density at radius 3 is 1.82 bits per heavy atom. The van der Waals surface area contributed by atoms with Crippen molar-refractivity contribution in [2.24, 2.45) is 5.73 Å². The quantitative estimate of drug-likeness (QED) is 0.0994. The summed E-state index contributed by atoms with van der Waals surface area (Å²) in [4.78, 5) is 57.7. The molecule has 232 valence electrons. The molecule has 5 aromatic rings. The number of carbonyl (C=O) groups excluding carboxylic acids is 3. The fraction of sp³-hybridized carbons (Fsp3) is 0.212. The van der Waals surface area contributed by atoms with Gasteiger partial charge in [0.1, 0.15) is 24.4 Å². The Bertz CT molecular complexity index is 1830. The highest BCUT2D eigenvalue weighted by Crippen LogP contribution is 2.21. The number of nitrogens with two attached hydrogens (primary N) is 1. The smallest absolute Gasteiger partial charge is 0.322 e. The number of nitrogens with one attached hydrogen (secondary N) is 5. The summed E-state index contributed by atoms with van der Waals surface area (Å²) in [6, 6.07) is 18.0. The van der Waals surface area contributed by atoms with E-state index in [4.69, 9.17) is 10.8 Å². The van der Waals surface area contributed by atoms with E-state index in [-0.39, 0.29) is 25.0 Å². The first kappa shape index (κ1) is 30.8. The van der Waals surface area contributed by atoms with E-state index < -0.39 is 48.4 Å². The lowest BCUT2D eigenvalue weighted by atomic mass is 10.0. The highest BCUT2D eigenvalue weighted by Gasteiger charge is 2.30. The van der Waals surface area contributed by atoms with Crippen LogP contribution in [0, 0.1) is 0 Å². The number of carbonyl (C=O) groups is 4. The number of carboxylic acid groups (broad SMARTS) is 1. The van der Waals surface area contributed by atoms with Crippen molar-refractivity contribution in [2.45, 2.75) is 37.4 Å². The maximum absolute atomic E-state index is 13.8. The molecule has 0 saturated heterocycles. The maximum atomic E-state index is 13.8. The van der Waals surface area contributed by atoms with Crippen molar-refractivity contribution >= 4 is 45.5 Å². The molecule has 0 fully saturated rings. The molecular weight excluding hydrogens is 576 g/mol. The number of fused-ring (bicyclic) bond motifs is 2. The highest BCUT2D eigenvalue weighted by atomic mass is 16.4. The Labute approximate surface area is 258 Å². The van der Waals surface area contributed by atoms with Crippen LogP contribution in [0.15, 0.2) is 85.2 Å². The Balaban J connectivity index is 1.37. The van der Waals surface area contributed by atoms with Crippen molar-refractivity contribution < 1.29 is 29.4 Å². The molecule has 2 aromatic heterocycles. The van der Waals surface area contributed by atoms with E-state index in [0.717, 1.165) is 32.9 Å². The number of hydrogen-bond donors (Lipinski definition) is 8. The topological polar surface area (TPSA) is 202 Å². The van der Waals surface area contributed by atoms with Crippen molar-refractivity contribution in [1.82, 2.24) is 25.9 Å². The van der Waals surface area contributed by atoms with Gasteiger partial charge in [0.05, 0.1) is 6.04 Å². The number of para-hydroxylation sites is 2. The van der Waals surface area contributed by atoms with Crippen molar-refractivity contribution in [3.63, 3.8) is 0 Å². The first-order valence-electron chi connectivity index (χ1n) is 14.4. The standard InChI is InChI=1S/C33H34N6O6/c34-25(14-20-16-35-26-7-3-1-5-23(20)26)31(43)38-29(15-21-17-36-27-8-4-2-6-24(21)27)33(45)39-28(32(44)37-18-30(41)42)13-19-9-11-22(40)12-10-19/h1-12,16-17,25,28-29,35-36,40H,13-15,18,34H2,(H,37,44)(H,38,43)(H,39,45)(H,41,42). The summed E-state index contributed by atoms with van der Waals surface area (Å²) < 4.78 is 0. The third-order valence-corrected chi connectivity index (χ3v) is 7.61. The number of carboxylic acids is 1. The molecule has 45 heavy (non-hydrogen) atoms. The second kappa shape index (κ2) is 13.8. The zero-order chi connectivity index (χ0) is 31.9. The summed E-state index contributed by atoms with van der Waals surface area (Å²) >= 11 is 0. The minimum Gasteiger partial charge on any atom is -0.508 e. The first-order valence-corrected chi connectivity index (χ1v) is 14.4. The second-order valence-electron chi connectivity index (χ2n) is 10.8. The third-order valence-electron chi connectivity index (χ3n) is 7.61. The molecule has 3 aromatic carbocycles. The Morgan fingerprint density at radius 2 is 1.22 bits per heavy atom. The van der Waals surface area contributed by atoms with Gasteiger partial charge in [-0.15, -0.1) is 0 Å². The number of amides is 3. The van der Waals surface area contributed by atoms with Gasteiger partial charge in [0.2, 0.25) is 17.7 Å². The molecule has 12 nitrogen and oxygen atoms in total. The molecule has 0 saturated carbocycles. The molecule has 3 amide bonds. The predicted molar refractivity (Wildman–Crippen MR) is 168 cm³/mol. The number of aromatic nitrogens is 2. The highest BCUT2D eigenvalue weighted by molar-refractivity contribution is 5.95. The van der Waals surface area contributed by atoms with Gasteiger partial charge in [-0.2, -0.15) is 0 Å². The zero-order valence-electron chi connectivity index (χ0n) is 24.2. The minimum atomic E-state index is -1.24. The van der Waals surface area contributed by atoms with E-state index in [9.17, 15) is 24.3 Å². The molecular formula is C33H34N6O6. The van der Waals surface area contributed by atoms with Crippen molar-refractivity contribution in [3.05, 3.63) is 102 Å². The van der Waals surface area contributed by atoms with Gasteiger partial charge >= 0.3 is 5.97 Å². The van der Waals surface area contributed by atoms with E-state index in [2.05, 4.69) is 25.9 Å². The lowest BCUT2D eigenvalue weighted by Crippen LogP contribution is -2.57. The lowest BCUT2D eigenvalue weighted by molar-refractivity contribution is -0.138. The summed E-state index contributed by atoms with van der Waals surface area (Å²) in [5.74, 6) is -3.13. The number of rotatable bonds is 13. The van der Waals surface area contributed by atoms with E-state index >= 15 is 0 Å². The van der Waals surface area contributed by atoms with Gasteiger partial charge in [0, 0.05) is 47.0 Å². The van der Waals surface area contributed by atoms with E-state index in [1.807, 2.05) is 48.5 Å². The number of aromatic hydroxyl groups is 1. The summed E-state index contributed by atoms with van der Waals surface area (Å²) in [5.41, 5.74) is 10.3. The van der Waals surface area contributed by atoms with Gasteiger partial charge in [-0.1, -0.05) is 48.5 Å². The van der Waals surface area contributed by atoms with Crippen LogP contribution in [0.1, 0.15) is 16.7 Å². The van der Waals surface area contributed by atoms with Gasteiger partial charge in [0.15, 0.2) is 0 Å². The molecule has 9 N–H and O–H groups in total. The van der Waals surface area contributed by atoms with Gasteiger partial charge in [-0.05, 0) is 47.4 Å². The summed E-state index contributed by atoms with van der Waals surface area (Å²) in [7, 11) is 0. The fourth-order valence-corrected chi connectivity index (χ4v) is 5.27. The number of aliphatic carboxylic acids is 1. The number of hydrogen-bond acceptors (Lipinski definition) is 6. The average molecular weight is 611 g/mol. The molecule has 3 unspecified atom stereocenters. The SMILES string of the molecule is NC(Cc1c[nH]c2ccccc12)C(=O)NC(Cc1c[nH]c2ccccc12)C(=O)NC(Cc1ccc(O)cc1)C(=O)NCC(=O)O. The Hall–Kier alpha value is -5.62. The Morgan fingerprint density at radius 1 is 0.689 bits per heavy atom. The van der Waals surface area contributed by atoms with Crippen LogP contribution in [0.25, 0.3) is 21.8 Å². The van der Waals surface area contributed by atoms with Crippen LogP contribution in [0.3, 0.4) is 0 Å². The number of aromatic amines is 2. The van der Waals surface area contributed by atoms with Gasteiger partial charge < -0.3 is 41.9 Å². The van der Waals surface area contributed by atoms with Crippen LogP contribution in [0.4, 0.5) is 0 Å². The minimum absolute atomic E-state index is 0.00526. The molecule has 3 atom stereocenters. The van der Waals surface area contributed by atoms with Crippen LogP contribution in [-0.4, -0.2) is 68.5 Å². The third kappa shape index (κ3) is 7.67. The van der Waals surface area contributed by atoms with Crippen LogP contribution in [-0.2, 0) is 38.4 Å². The number of benzene rings is 3. The normalized spacial score (nSPS) is 13.2. The van der Waals surface area contributed by atoms with Gasteiger partial charge in [-0.3, -0.25) is 19.2 Å². The molecule has 2 heterocycles. The van der Waals surface area contributed by atoms with Crippen LogP contribution >= 0.6 is 0 Å². The number of phenolic OH excluding ortho intramolecular Hbond substituents is 1. The second-order valence-corrected chi connectivity index (χ2v) is 10.8. The van der Waals surface area contributed by atoms with Crippen LogP contribution < -0.4 is 21.7 Å². The van der Waals surface area contributed by atoms with E-state index in [1.165, 1.54) is 12.1 Å². The van der Waals surface area contributed by atoms with E-state index in [1.54, 1.807) is 24.5 Å². The average Bonchev–Trinajstić information content (AvgIpc) is 3.64. The lowest BCUT2D eigenvalue weighted by Gasteiger charge is -2.24. The zero-order valence-corrected chi connectivity index (χ0v) is 24.2. The number of H-pyrrole nitrogens is 2. The predicted octanol–water partition coefficient (Wildman–Crippen LogP) is 1.88. The van der Waals surface area contributed by atoms with Crippen molar-refractivity contribution in [3.8, 4) is 5.75 Å². The molecule has 0 aliphatic heterocycles. The molecule has 0 bridgehead atoms. The van der Waals surface area contributed by atoms with Crippen LogP contribution in [0.2, 0.25) is 0 Å². The van der Waals surface area contributed by atoms with Gasteiger partial charge in [0.25, 0.3) is 0 Å². The maximum Gasteiger partial charge on any atom is 0.322 e. The van der Waals surface area contributed by atoms with Crippen molar-refractivity contribution in [2.75, 3.05) is 6.54 Å². The monoisotopic (exact) mass is 610 g/mol.